The lowest BCUT2D eigenvalue weighted by Gasteiger charge is -2.32. The van der Waals surface area contributed by atoms with Crippen LogP contribution < -0.4 is 14.4 Å². The fourth-order valence-electron chi connectivity index (χ4n) is 3.95. The van der Waals surface area contributed by atoms with E-state index in [1.54, 1.807) is 67.6 Å². The van der Waals surface area contributed by atoms with E-state index in [9.17, 15) is 18.0 Å². The lowest BCUT2D eigenvalue weighted by molar-refractivity contribution is -0.139. The molecule has 2 amide bonds. The van der Waals surface area contributed by atoms with Crippen LogP contribution in [0.15, 0.2) is 77.7 Å². The number of hydrogen-bond acceptors (Lipinski definition) is 5. The molecular formula is C30H36ClN3O5S. The second kappa shape index (κ2) is 13.7. The van der Waals surface area contributed by atoms with Crippen LogP contribution in [-0.2, 0) is 26.2 Å². The summed E-state index contributed by atoms with van der Waals surface area (Å²) in [5.74, 6) is -0.315. The third-order valence-corrected chi connectivity index (χ3v) is 8.72. The molecule has 40 heavy (non-hydrogen) atoms. The lowest BCUT2D eigenvalue weighted by Crippen LogP contribution is -2.52. The smallest absolute Gasteiger partial charge is 0.264 e. The molecule has 0 bridgehead atoms. The van der Waals surface area contributed by atoms with E-state index in [1.165, 1.54) is 24.1 Å². The van der Waals surface area contributed by atoms with E-state index in [0.29, 0.717) is 10.8 Å². The molecule has 2 atom stereocenters. The Bertz CT molecular complexity index is 1390. The van der Waals surface area contributed by atoms with Crippen LogP contribution in [0.5, 0.6) is 5.75 Å². The number of amides is 2. The number of carbonyl (C=O) groups excluding carboxylic acids is 2. The van der Waals surface area contributed by atoms with E-state index in [4.69, 9.17) is 16.3 Å². The predicted octanol–water partition coefficient (Wildman–Crippen LogP) is 5.18. The first kappa shape index (κ1) is 31.0. The summed E-state index contributed by atoms with van der Waals surface area (Å²) in [6.45, 7) is 6.91. The number of ether oxygens (including phenoxy) is 1. The zero-order chi connectivity index (χ0) is 29.4. The maximum absolute atomic E-state index is 13.9. The van der Waals surface area contributed by atoms with Crippen LogP contribution in [0.2, 0.25) is 5.02 Å². The van der Waals surface area contributed by atoms with Crippen LogP contribution in [0.3, 0.4) is 0 Å². The quantitative estimate of drug-likeness (QED) is 0.316. The van der Waals surface area contributed by atoms with Crippen LogP contribution in [0.1, 0.15) is 38.3 Å². The molecule has 0 heterocycles. The highest BCUT2D eigenvalue weighted by Gasteiger charge is 2.32. The molecule has 0 aliphatic heterocycles. The molecule has 3 aromatic rings. The fraction of sp³-hybridized carbons (Fsp3) is 0.333. The number of sulfonamides is 1. The number of hydrogen-bond donors (Lipinski definition) is 1. The van der Waals surface area contributed by atoms with Crippen molar-refractivity contribution in [2.75, 3.05) is 18.0 Å². The Hall–Kier alpha value is -3.56. The van der Waals surface area contributed by atoms with Gasteiger partial charge >= 0.3 is 0 Å². The molecule has 0 saturated heterocycles. The molecule has 10 heteroatoms. The molecule has 0 aliphatic rings. The summed E-state index contributed by atoms with van der Waals surface area (Å²) in [5, 5.41) is 3.46. The zero-order valence-electron chi connectivity index (χ0n) is 23.4. The number of carbonyl (C=O) groups is 2. The second-order valence-electron chi connectivity index (χ2n) is 9.66. The number of aryl methyl sites for hydroxylation is 1. The van der Waals surface area contributed by atoms with Crippen molar-refractivity contribution in [3.05, 3.63) is 88.9 Å². The normalized spacial score (nSPS) is 12.8. The molecule has 0 spiro atoms. The Morgan fingerprint density at radius 3 is 2.10 bits per heavy atom. The Morgan fingerprint density at radius 2 is 1.55 bits per heavy atom. The third-order valence-electron chi connectivity index (χ3n) is 6.68. The molecule has 0 radical (unpaired) electrons. The Morgan fingerprint density at radius 1 is 0.950 bits per heavy atom. The van der Waals surface area contributed by atoms with Crippen molar-refractivity contribution < 1.29 is 22.7 Å². The van der Waals surface area contributed by atoms with Gasteiger partial charge in [0.1, 0.15) is 18.3 Å². The topological polar surface area (TPSA) is 96.0 Å². The number of rotatable bonds is 12. The largest absolute Gasteiger partial charge is 0.497 e. The van der Waals surface area contributed by atoms with E-state index in [0.717, 1.165) is 21.9 Å². The first-order valence-electron chi connectivity index (χ1n) is 13.0. The molecule has 0 aliphatic carbocycles. The van der Waals surface area contributed by atoms with Gasteiger partial charge in [0.25, 0.3) is 10.0 Å². The first-order valence-corrected chi connectivity index (χ1v) is 14.9. The highest BCUT2D eigenvalue weighted by atomic mass is 35.5. The van der Waals surface area contributed by atoms with Crippen LogP contribution in [-0.4, -0.2) is 50.9 Å². The zero-order valence-corrected chi connectivity index (χ0v) is 25.0. The van der Waals surface area contributed by atoms with E-state index in [1.807, 2.05) is 20.8 Å². The summed E-state index contributed by atoms with van der Waals surface area (Å²) in [7, 11) is -2.63. The van der Waals surface area contributed by atoms with Crippen molar-refractivity contribution >= 4 is 39.1 Å². The average molecular weight is 586 g/mol. The number of halogens is 1. The lowest BCUT2D eigenvalue weighted by atomic mass is 10.1. The van der Waals surface area contributed by atoms with Crippen molar-refractivity contribution in [3.8, 4) is 5.75 Å². The summed E-state index contributed by atoms with van der Waals surface area (Å²) >= 11 is 6.05. The maximum Gasteiger partial charge on any atom is 0.264 e. The molecule has 0 unspecified atom stereocenters. The minimum absolute atomic E-state index is 0.0496. The Kier molecular flexibility index (Phi) is 10.6. The van der Waals surface area contributed by atoms with E-state index >= 15 is 0 Å². The van der Waals surface area contributed by atoms with Crippen molar-refractivity contribution in [3.63, 3.8) is 0 Å². The van der Waals surface area contributed by atoms with Gasteiger partial charge in [0.05, 0.1) is 17.7 Å². The number of nitrogens with zero attached hydrogens (tertiary/aromatic N) is 2. The summed E-state index contributed by atoms with van der Waals surface area (Å²) in [6, 6.07) is 18.9. The van der Waals surface area contributed by atoms with Crippen LogP contribution >= 0.6 is 11.6 Å². The van der Waals surface area contributed by atoms with E-state index < -0.39 is 28.5 Å². The van der Waals surface area contributed by atoms with Gasteiger partial charge in [-0.15, -0.1) is 0 Å². The van der Waals surface area contributed by atoms with Gasteiger partial charge in [-0.25, -0.2) is 8.42 Å². The molecule has 0 aromatic heterocycles. The molecule has 3 rings (SSSR count). The minimum atomic E-state index is -4.14. The number of benzene rings is 3. The summed E-state index contributed by atoms with van der Waals surface area (Å²) in [5.41, 5.74) is 1.94. The molecule has 8 nitrogen and oxygen atoms in total. The third kappa shape index (κ3) is 7.76. The molecule has 214 valence electrons. The van der Waals surface area contributed by atoms with Crippen LogP contribution in [0.4, 0.5) is 5.69 Å². The van der Waals surface area contributed by atoms with Gasteiger partial charge in [-0.3, -0.25) is 13.9 Å². The van der Waals surface area contributed by atoms with Gasteiger partial charge in [-0.05, 0) is 81.3 Å². The van der Waals surface area contributed by atoms with E-state index in [2.05, 4.69) is 5.32 Å². The molecule has 0 fully saturated rings. The number of anilines is 1. The molecule has 3 aromatic carbocycles. The monoisotopic (exact) mass is 585 g/mol. The highest BCUT2D eigenvalue weighted by Crippen LogP contribution is 2.27. The second-order valence-corrected chi connectivity index (χ2v) is 12.0. The van der Waals surface area contributed by atoms with Crippen molar-refractivity contribution in [1.29, 1.82) is 0 Å². The predicted molar refractivity (Wildman–Crippen MR) is 158 cm³/mol. The van der Waals surface area contributed by atoms with Gasteiger partial charge in [0.15, 0.2) is 0 Å². The van der Waals surface area contributed by atoms with Crippen LogP contribution in [0.25, 0.3) is 0 Å². The standard InChI is InChI=1S/C30H36ClN3O5S/c1-6-22(3)32-30(36)23(4)33(19-24-9-11-25(31)12-10-24)29(35)20-34(26-13-15-27(39-5)16-14-26)40(37,38)28-17-7-21(2)8-18-28/h7-18,22-23H,6,19-20H2,1-5H3,(H,32,36)/t22-,23+/m1/s1. The van der Waals surface area contributed by atoms with Gasteiger partial charge in [0.2, 0.25) is 11.8 Å². The van der Waals surface area contributed by atoms with Crippen molar-refractivity contribution in [1.82, 2.24) is 10.2 Å². The van der Waals surface area contributed by atoms with Crippen LogP contribution in [0, 0.1) is 6.92 Å². The first-order chi connectivity index (χ1) is 19.0. The van der Waals surface area contributed by atoms with Crippen molar-refractivity contribution in [2.45, 2.75) is 57.6 Å². The number of nitrogens with one attached hydrogen (secondary N) is 1. The summed E-state index contributed by atoms with van der Waals surface area (Å²) in [4.78, 5) is 28.5. The van der Waals surface area contributed by atoms with E-state index in [-0.39, 0.29) is 29.1 Å². The molecule has 1 N–H and O–H groups in total. The number of methoxy groups -OCH3 is 1. The Labute approximate surface area is 241 Å². The molecular weight excluding hydrogens is 550 g/mol. The maximum atomic E-state index is 13.9. The SMILES string of the molecule is CC[C@@H](C)NC(=O)[C@H](C)N(Cc1ccc(Cl)cc1)C(=O)CN(c1ccc(OC)cc1)S(=O)(=O)c1ccc(C)cc1. The molecule has 0 saturated carbocycles. The fourth-order valence-corrected chi connectivity index (χ4v) is 5.49. The average Bonchev–Trinajstić information content (AvgIpc) is 2.95. The Balaban J connectivity index is 2.02. The summed E-state index contributed by atoms with van der Waals surface area (Å²) in [6.07, 6.45) is 0.726. The highest BCUT2D eigenvalue weighted by molar-refractivity contribution is 7.92. The van der Waals surface area contributed by atoms with Crippen molar-refractivity contribution in [2.24, 2.45) is 0 Å². The minimum Gasteiger partial charge on any atom is -0.497 e. The van der Waals surface area contributed by atoms with Gasteiger partial charge < -0.3 is 15.0 Å². The summed E-state index contributed by atoms with van der Waals surface area (Å²) < 4.78 is 34.0. The van der Waals surface area contributed by atoms with Gasteiger partial charge in [0, 0.05) is 17.6 Å². The van der Waals surface area contributed by atoms with Gasteiger partial charge in [-0.2, -0.15) is 0 Å². The van der Waals surface area contributed by atoms with Gasteiger partial charge in [-0.1, -0.05) is 48.4 Å².